The van der Waals surface area contributed by atoms with Gasteiger partial charge in [0.2, 0.25) is 0 Å². The van der Waals surface area contributed by atoms with Gasteiger partial charge in [0.05, 0.1) is 27.7 Å². The summed E-state index contributed by atoms with van der Waals surface area (Å²) < 4.78 is 84.4. The van der Waals surface area contributed by atoms with E-state index in [1.165, 1.54) is 0 Å². The Morgan fingerprint density at radius 3 is 2.19 bits per heavy atom. The number of hydrogen-bond acceptors (Lipinski definition) is 3. The maximum Gasteiger partial charge on any atom is 0.416 e. The number of halogens is 8. The molecule has 0 radical (unpaired) electrons. The van der Waals surface area contributed by atoms with E-state index in [4.69, 9.17) is 16.3 Å². The summed E-state index contributed by atoms with van der Waals surface area (Å²) >= 11 is 8.31. The summed E-state index contributed by atoms with van der Waals surface area (Å²) in [7, 11) is 0. The van der Waals surface area contributed by atoms with Gasteiger partial charge in [0.1, 0.15) is 5.82 Å². The summed E-state index contributed by atoms with van der Waals surface area (Å²) in [5.74, 6) is -5.77. The molecule has 27 heavy (non-hydrogen) atoms. The molecule has 0 fully saturated rings. The van der Waals surface area contributed by atoms with Crippen LogP contribution in [0.15, 0.2) is 28.7 Å². The second-order valence-electron chi connectivity index (χ2n) is 5.30. The van der Waals surface area contributed by atoms with Crippen LogP contribution in [0.5, 0.6) is 11.5 Å². The second kappa shape index (κ2) is 8.57. The molecule has 0 bridgehead atoms. The van der Waals surface area contributed by atoms with E-state index in [2.05, 4.69) is 21.2 Å². The largest absolute Gasteiger partial charge is 0.448 e. The van der Waals surface area contributed by atoms with E-state index in [0.717, 1.165) is 12.1 Å². The Bertz CT molecular complexity index is 810. The van der Waals surface area contributed by atoms with Crippen molar-refractivity contribution in [2.75, 3.05) is 17.7 Å². The molecule has 2 N–H and O–H groups in total. The predicted octanol–water partition coefficient (Wildman–Crippen LogP) is 5.69. The Balaban J connectivity index is 2.43. The van der Waals surface area contributed by atoms with Gasteiger partial charge in [-0.15, -0.1) is 11.6 Å². The highest BCUT2D eigenvalue weighted by atomic mass is 79.9. The van der Waals surface area contributed by atoms with Crippen LogP contribution in [0.3, 0.4) is 0 Å². The van der Waals surface area contributed by atoms with Crippen molar-refractivity contribution >= 4 is 33.2 Å². The second-order valence-corrected chi connectivity index (χ2v) is 6.40. The van der Waals surface area contributed by atoms with E-state index in [9.17, 15) is 31.4 Å². The van der Waals surface area contributed by atoms with Gasteiger partial charge in [-0.3, -0.25) is 0 Å². The summed E-state index contributed by atoms with van der Waals surface area (Å²) in [6.07, 6.45) is -5.94. The summed E-state index contributed by atoms with van der Waals surface area (Å²) in [6.45, 7) is -0.101. The Kier molecular flexibility index (Phi) is 6.87. The van der Waals surface area contributed by atoms with Crippen molar-refractivity contribution in [3.63, 3.8) is 0 Å². The first-order valence-corrected chi connectivity index (χ1v) is 8.57. The number of benzene rings is 2. The molecule has 0 spiro atoms. The molecule has 1 atom stereocenters. The number of alkyl halides is 4. The highest BCUT2D eigenvalue weighted by Gasteiger charge is 2.33. The molecule has 0 amide bonds. The Labute approximate surface area is 163 Å². The molecule has 148 valence electrons. The van der Waals surface area contributed by atoms with Gasteiger partial charge in [-0.2, -0.15) is 13.2 Å². The summed E-state index contributed by atoms with van der Waals surface area (Å²) in [4.78, 5) is 0. The zero-order chi connectivity index (χ0) is 20.4. The average molecular weight is 479 g/mol. The van der Waals surface area contributed by atoms with Gasteiger partial charge in [-0.1, -0.05) is 0 Å². The summed E-state index contributed by atoms with van der Waals surface area (Å²) in [6, 6.07) is 2.30. The zero-order valence-corrected chi connectivity index (χ0v) is 15.5. The van der Waals surface area contributed by atoms with Crippen LogP contribution in [0.1, 0.15) is 5.56 Å². The fourth-order valence-electron chi connectivity index (χ4n) is 1.98. The molecule has 0 aliphatic heterocycles. The van der Waals surface area contributed by atoms with Crippen LogP contribution in [0.4, 0.5) is 32.0 Å². The lowest BCUT2D eigenvalue weighted by Gasteiger charge is -2.17. The van der Waals surface area contributed by atoms with Crippen LogP contribution in [0.25, 0.3) is 0 Å². The maximum atomic E-state index is 14.0. The smallest absolute Gasteiger partial charge is 0.416 e. The molecule has 2 aromatic carbocycles. The number of hydrogen-bond donors (Lipinski definition) is 2. The Hall–Kier alpha value is -1.65. The molecule has 3 nitrogen and oxygen atoms in total. The molecule has 0 aliphatic carbocycles. The first-order valence-electron chi connectivity index (χ1n) is 7.24. The van der Waals surface area contributed by atoms with Gasteiger partial charge < -0.3 is 15.2 Å². The SMILES string of the molecule is OC(CCl)CNc1ccc(F)c(Br)c1Oc1c(F)cc(C(F)(F)F)cc1F. The number of aliphatic hydroxyl groups is 1. The summed E-state index contributed by atoms with van der Waals surface area (Å²) in [5.41, 5.74) is -1.52. The number of anilines is 1. The van der Waals surface area contributed by atoms with E-state index in [1.54, 1.807) is 0 Å². The molecule has 11 heteroatoms. The first kappa shape index (κ1) is 21.6. The van der Waals surface area contributed by atoms with E-state index >= 15 is 0 Å². The van der Waals surface area contributed by atoms with Crippen molar-refractivity contribution in [3.05, 3.63) is 51.8 Å². The van der Waals surface area contributed by atoms with Crippen molar-refractivity contribution in [1.82, 2.24) is 0 Å². The average Bonchev–Trinajstić information content (AvgIpc) is 2.59. The van der Waals surface area contributed by atoms with Crippen LogP contribution >= 0.6 is 27.5 Å². The predicted molar refractivity (Wildman–Crippen MR) is 90.8 cm³/mol. The van der Waals surface area contributed by atoms with Crippen molar-refractivity contribution in [1.29, 1.82) is 0 Å². The molecule has 0 saturated heterocycles. The normalized spacial score (nSPS) is 12.8. The molecule has 0 aromatic heterocycles. The minimum atomic E-state index is -4.95. The van der Waals surface area contributed by atoms with E-state index in [0.29, 0.717) is 0 Å². The van der Waals surface area contributed by atoms with Gasteiger partial charge in [0, 0.05) is 6.54 Å². The molecular weight excluding hydrogens is 468 g/mol. The van der Waals surface area contributed by atoms with Gasteiger partial charge in [0.25, 0.3) is 0 Å². The Morgan fingerprint density at radius 1 is 1.07 bits per heavy atom. The van der Waals surface area contributed by atoms with Crippen LogP contribution in [0.2, 0.25) is 0 Å². The number of nitrogens with one attached hydrogen (secondary N) is 1. The highest BCUT2D eigenvalue weighted by molar-refractivity contribution is 9.10. The van der Waals surface area contributed by atoms with E-state index < -0.39 is 46.8 Å². The van der Waals surface area contributed by atoms with Crippen LogP contribution in [-0.4, -0.2) is 23.6 Å². The van der Waals surface area contributed by atoms with Gasteiger partial charge in [0.15, 0.2) is 23.1 Å². The lowest BCUT2D eigenvalue weighted by Crippen LogP contribution is -2.21. The van der Waals surface area contributed by atoms with Crippen LogP contribution < -0.4 is 10.1 Å². The van der Waals surface area contributed by atoms with Gasteiger partial charge in [-0.05, 0) is 40.2 Å². The number of ether oxygens (including phenoxy) is 1. The minimum Gasteiger partial charge on any atom is -0.448 e. The van der Waals surface area contributed by atoms with Crippen molar-refractivity contribution < 1.29 is 36.2 Å². The van der Waals surface area contributed by atoms with E-state index in [1.807, 2.05) is 0 Å². The van der Waals surface area contributed by atoms with Gasteiger partial charge in [-0.25, -0.2) is 13.2 Å². The number of rotatable bonds is 6. The third kappa shape index (κ3) is 5.20. The molecule has 0 saturated carbocycles. The molecule has 0 heterocycles. The van der Waals surface area contributed by atoms with Gasteiger partial charge >= 0.3 is 6.18 Å². The molecule has 0 aliphatic rings. The fourth-order valence-corrected chi connectivity index (χ4v) is 2.51. The standard InChI is InChI=1S/C16H11BrClF6NO2/c17-13-9(19)1-2-12(25-6-8(26)5-18)15(13)27-14-10(20)3-7(4-11(14)21)16(22,23)24/h1-4,8,25-26H,5-6H2. The topological polar surface area (TPSA) is 41.5 Å². The van der Waals surface area contributed by atoms with Crippen molar-refractivity contribution in [2.24, 2.45) is 0 Å². The van der Waals surface area contributed by atoms with Crippen LogP contribution in [0, 0.1) is 17.5 Å². The van der Waals surface area contributed by atoms with Crippen molar-refractivity contribution in [2.45, 2.75) is 12.3 Å². The Morgan fingerprint density at radius 2 is 1.67 bits per heavy atom. The highest BCUT2D eigenvalue weighted by Crippen LogP contribution is 2.41. The van der Waals surface area contributed by atoms with E-state index in [-0.39, 0.29) is 34.7 Å². The minimum absolute atomic E-state index is 0.0196. The summed E-state index contributed by atoms with van der Waals surface area (Å²) in [5, 5.41) is 12.1. The van der Waals surface area contributed by atoms with Crippen LogP contribution in [-0.2, 0) is 6.18 Å². The maximum absolute atomic E-state index is 14.0. The lowest BCUT2D eigenvalue weighted by molar-refractivity contribution is -0.138. The quantitative estimate of drug-likeness (QED) is 0.414. The number of aliphatic hydroxyl groups excluding tert-OH is 1. The fraction of sp³-hybridized carbons (Fsp3) is 0.250. The third-order valence-electron chi connectivity index (χ3n) is 3.29. The molecule has 2 rings (SSSR count). The molecule has 2 aromatic rings. The first-order chi connectivity index (χ1) is 12.5. The zero-order valence-electron chi connectivity index (χ0n) is 13.2. The monoisotopic (exact) mass is 477 g/mol. The molecule has 1 unspecified atom stereocenters. The molecular formula is C16H11BrClF6NO2. The lowest BCUT2D eigenvalue weighted by atomic mass is 10.2. The van der Waals surface area contributed by atoms with Crippen molar-refractivity contribution in [3.8, 4) is 11.5 Å². The third-order valence-corrected chi connectivity index (χ3v) is 4.38.